The maximum absolute atomic E-state index is 12.4. The minimum atomic E-state index is -5.26. The lowest BCUT2D eigenvalue weighted by Gasteiger charge is -2.18. The Morgan fingerprint density at radius 3 is 2.21 bits per heavy atom. The van der Waals surface area contributed by atoms with Gasteiger partial charge in [0.15, 0.2) is 0 Å². The van der Waals surface area contributed by atoms with Crippen LogP contribution in [0.4, 0.5) is 18.9 Å². The van der Waals surface area contributed by atoms with Gasteiger partial charge in [-0.3, -0.25) is 0 Å². The van der Waals surface area contributed by atoms with Crippen molar-refractivity contribution in [1.82, 2.24) is 0 Å². The summed E-state index contributed by atoms with van der Waals surface area (Å²) in [4.78, 5) is 1.62. The van der Waals surface area contributed by atoms with Gasteiger partial charge in [-0.2, -0.15) is 13.2 Å². The third kappa shape index (κ3) is 2.89. The van der Waals surface area contributed by atoms with Gasteiger partial charge >= 0.3 is 5.51 Å². The highest BCUT2D eigenvalue weighted by molar-refractivity contribution is 9.09. The summed E-state index contributed by atoms with van der Waals surface area (Å²) in [6.07, 6.45) is 0.947. The SMILES string of the molecule is O=S(=O)(c1ccc(N2CCC(Br)C2)cc1)C(F)(F)F. The van der Waals surface area contributed by atoms with Crippen molar-refractivity contribution in [1.29, 1.82) is 0 Å². The third-order valence-corrected chi connectivity index (χ3v) is 5.20. The number of nitrogens with zero attached hydrogens (tertiary/aromatic N) is 1. The zero-order valence-electron chi connectivity index (χ0n) is 9.69. The van der Waals surface area contributed by atoms with Crippen LogP contribution in [-0.4, -0.2) is 31.8 Å². The van der Waals surface area contributed by atoms with Crippen LogP contribution in [0.3, 0.4) is 0 Å². The van der Waals surface area contributed by atoms with Crippen LogP contribution in [-0.2, 0) is 9.84 Å². The smallest absolute Gasteiger partial charge is 0.370 e. The van der Waals surface area contributed by atoms with Crippen molar-refractivity contribution in [2.45, 2.75) is 21.7 Å². The Labute approximate surface area is 117 Å². The number of benzene rings is 1. The largest absolute Gasteiger partial charge is 0.501 e. The normalized spacial score (nSPS) is 20.8. The molecule has 0 aromatic heterocycles. The van der Waals surface area contributed by atoms with Crippen LogP contribution in [0.15, 0.2) is 29.2 Å². The van der Waals surface area contributed by atoms with E-state index in [1.54, 1.807) is 0 Å². The van der Waals surface area contributed by atoms with Crippen LogP contribution in [0.2, 0.25) is 0 Å². The van der Waals surface area contributed by atoms with Crippen molar-refractivity contribution in [3.05, 3.63) is 24.3 Å². The predicted molar refractivity (Wildman–Crippen MR) is 69.2 cm³/mol. The Hall–Kier alpha value is -0.760. The molecule has 19 heavy (non-hydrogen) atoms. The lowest BCUT2D eigenvalue weighted by molar-refractivity contribution is -0.0436. The highest BCUT2D eigenvalue weighted by atomic mass is 79.9. The quantitative estimate of drug-likeness (QED) is 0.763. The van der Waals surface area contributed by atoms with Crippen molar-refractivity contribution in [3.8, 4) is 0 Å². The first-order valence-electron chi connectivity index (χ1n) is 5.52. The standard InChI is InChI=1S/C11H11BrF3NO2S/c12-8-5-6-16(7-8)9-1-3-10(4-2-9)19(17,18)11(13,14)15/h1-4,8H,5-7H2. The van der Waals surface area contributed by atoms with E-state index in [0.29, 0.717) is 4.83 Å². The highest BCUT2D eigenvalue weighted by Crippen LogP contribution is 2.32. The molecule has 1 heterocycles. The van der Waals surface area contributed by atoms with Crippen LogP contribution < -0.4 is 4.90 Å². The topological polar surface area (TPSA) is 37.4 Å². The Kier molecular flexibility index (Phi) is 3.83. The summed E-state index contributed by atoms with van der Waals surface area (Å²) in [6.45, 7) is 1.55. The molecule has 1 aromatic carbocycles. The van der Waals surface area contributed by atoms with Gasteiger partial charge in [-0.15, -0.1) is 0 Å². The molecular formula is C11H11BrF3NO2S. The number of hydrogen-bond acceptors (Lipinski definition) is 3. The lowest BCUT2D eigenvalue weighted by Crippen LogP contribution is -2.23. The van der Waals surface area contributed by atoms with Gasteiger partial charge in [0.05, 0.1) is 4.90 Å². The fourth-order valence-electron chi connectivity index (χ4n) is 1.92. The number of alkyl halides is 4. The molecule has 0 saturated carbocycles. The molecule has 2 rings (SSSR count). The molecule has 1 aromatic rings. The molecule has 0 bridgehead atoms. The molecule has 3 nitrogen and oxygen atoms in total. The minimum absolute atomic E-state index is 0.353. The molecule has 1 atom stereocenters. The summed E-state index contributed by atoms with van der Waals surface area (Å²) in [5.41, 5.74) is -4.54. The Balaban J connectivity index is 2.24. The van der Waals surface area contributed by atoms with Gasteiger partial charge < -0.3 is 4.90 Å². The van der Waals surface area contributed by atoms with Gasteiger partial charge in [-0.25, -0.2) is 8.42 Å². The first-order chi connectivity index (χ1) is 8.72. The second-order valence-electron chi connectivity index (χ2n) is 4.28. The van der Waals surface area contributed by atoms with Crippen molar-refractivity contribution in [3.63, 3.8) is 0 Å². The number of rotatable bonds is 2. The van der Waals surface area contributed by atoms with Crippen molar-refractivity contribution >= 4 is 31.5 Å². The highest BCUT2D eigenvalue weighted by Gasteiger charge is 2.46. The monoisotopic (exact) mass is 357 g/mol. The number of sulfone groups is 1. The first kappa shape index (κ1) is 14.6. The minimum Gasteiger partial charge on any atom is -0.370 e. The van der Waals surface area contributed by atoms with E-state index >= 15 is 0 Å². The summed E-state index contributed by atoms with van der Waals surface area (Å²) >= 11 is 3.46. The molecule has 0 spiro atoms. The molecule has 1 aliphatic heterocycles. The van der Waals surface area contributed by atoms with E-state index in [1.165, 1.54) is 12.1 Å². The Morgan fingerprint density at radius 2 is 1.79 bits per heavy atom. The zero-order chi connectivity index (χ0) is 14.3. The van der Waals surface area contributed by atoms with E-state index in [4.69, 9.17) is 0 Å². The van der Waals surface area contributed by atoms with E-state index in [9.17, 15) is 21.6 Å². The lowest BCUT2D eigenvalue weighted by atomic mass is 10.3. The summed E-state index contributed by atoms with van der Waals surface area (Å²) in [5.74, 6) is 0. The number of hydrogen-bond donors (Lipinski definition) is 0. The van der Waals surface area contributed by atoms with Gasteiger partial charge in [0, 0.05) is 23.6 Å². The van der Waals surface area contributed by atoms with Gasteiger partial charge in [0.2, 0.25) is 0 Å². The first-order valence-corrected chi connectivity index (χ1v) is 7.92. The van der Waals surface area contributed by atoms with Crippen LogP contribution in [0, 0.1) is 0 Å². The molecule has 0 amide bonds. The maximum Gasteiger partial charge on any atom is 0.501 e. The van der Waals surface area contributed by atoms with Gasteiger partial charge in [0.1, 0.15) is 0 Å². The van der Waals surface area contributed by atoms with Crippen molar-refractivity contribution in [2.24, 2.45) is 0 Å². The van der Waals surface area contributed by atoms with E-state index in [0.717, 1.165) is 37.3 Å². The van der Waals surface area contributed by atoms with Crippen LogP contribution in [0.25, 0.3) is 0 Å². The summed E-state index contributed by atoms with van der Waals surface area (Å²) < 4.78 is 59.5. The molecule has 0 radical (unpaired) electrons. The zero-order valence-corrected chi connectivity index (χ0v) is 12.1. The van der Waals surface area contributed by atoms with E-state index < -0.39 is 20.2 Å². The molecular weight excluding hydrogens is 347 g/mol. The fourth-order valence-corrected chi connectivity index (χ4v) is 3.24. The predicted octanol–water partition coefficient (Wildman–Crippen LogP) is 2.95. The molecule has 1 unspecified atom stereocenters. The molecule has 1 aliphatic rings. The number of halogens is 4. The molecule has 0 N–H and O–H groups in total. The average Bonchev–Trinajstić information content (AvgIpc) is 2.74. The third-order valence-electron chi connectivity index (χ3n) is 2.95. The van der Waals surface area contributed by atoms with E-state index in [2.05, 4.69) is 15.9 Å². The van der Waals surface area contributed by atoms with Crippen molar-refractivity contribution < 1.29 is 21.6 Å². The molecule has 1 saturated heterocycles. The molecule has 0 aliphatic carbocycles. The number of anilines is 1. The summed E-state index contributed by atoms with van der Waals surface area (Å²) in [6, 6.07) is 4.81. The molecule has 1 fully saturated rings. The van der Waals surface area contributed by atoms with Crippen molar-refractivity contribution in [2.75, 3.05) is 18.0 Å². The molecule has 106 valence electrons. The van der Waals surface area contributed by atoms with Gasteiger partial charge in [-0.05, 0) is 30.7 Å². The summed E-state index contributed by atoms with van der Waals surface area (Å²) in [7, 11) is -5.26. The maximum atomic E-state index is 12.4. The Bertz CT molecular complexity index is 556. The Morgan fingerprint density at radius 1 is 1.21 bits per heavy atom. The second kappa shape index (κ2) is 4.97. The van der Waals surface area contributed by atoms with Gasteiger partial charge in [0.25, 0.3) is 9.84 Å². The second-order valence-corrected chi connectivity index (χ2v) is 7.51. The average molecular weight is 358 g/mol. The summed E-state index contributed by atoms with van der Waals surface area (Å²) in [5, 5.41) is 0. The van der Waals surface area contributed by atoms with Crippen LogP contribution in [0.1, 0.15) is 6.42 Å². The van der Waals surface area contributed by atoms with Gasteiger partial charge in [-0.1, -0.05) is 15.9 Å². The fraction of sp³-hybridized carbons (Fsp3) is 0.455. The van der Waals surface area contributed by atoms with E-state index in [-0.39, 0.29) is 0 Å². The van der Waals surface area contributed by atoms with Crippen LogP contribution in [0.5, 0.6) is 0 Å². The van der Waals surface area contributed by atoms with E-state index in [1.807, 2.05) is 4.90 Å². The van der Waals surface area contributed by atoms with Crippen LogP contribution >= 0.6 is 15.9 Å². The molecule has 8 heteroatoms.